The first-order chi connectivity index (χ1) is 13.2. The Bertz CT molecular complexity index is 948. The number of amides is 1. The van der Waals surface area contributed by atoms with Crippen molar-refractivity contribution in [2.24, 2.45) is 5.92 Å². The number of benzene rings is 1. The van der Waals surface area contributed by atoms with Gasteiger partial charge in [-0.05, 0) is 24.5 Å². The van der Waals surface area contributed by atoms with Gasteiger partial charge >= 0.3 is 5.63 Å². The lowest BCUT2D eigenvalue weighted by molar-refractivity contribution is -0.309. The van der Waals surface area contributed by atoms with Gasteiger partial charge in [0.15, 0.2) is 11.5 Å². The molecule has 1 N–H and O–H groups in total. The molecule has 0 aliphatic heterocycles. The summed E-state index contributed by atoms with van der Waals surface area (Å²) in [5.74, 6) is -1.39. The number of carbonyl (C=O) groups is 2. The molecule has 0 saturated carbocycles. The largest absolute Gasteiger partial charge is 0.548 e. The van der Waals surface area contributed by atoms with Crippen molar-refractivity contribution in [3.8, 4) is 11.5 Å². The number of carboxylic acid groups (broad SMARTS) is 1. The van der Waals surface area contributed by atoms with Crippen LogP contribution >= 0.6 is 0 Å². The molecule has 2 atom stereocenters. The number of carbonyl (C=O) groups excluding carboxylic acids is 2. The second kappa shape index (κ2) is 8.77. The summed E-state index contributed by atoms with van der Waals surface area (Å²) in [7, 11) is 2.96. The Labute approximate surface area is 162 Å². The van der Waals surface area contributed by atoms with E-state index in [0.29, 0.717) is 34.5 Å². The molecular formula is C20H24NO7-. The van der Waals surface area contributed by atoms with E-state index in [0.717, 1.165) is 0 Å². The van der Waals surface area contributed by atoms with Gasteiger partial charge in [-0.25, -0.2) is 4.79 Å². The minimum atomic E-state index is -1.36. The molecule has 0 spiro atoms. The summed E-state index contributed by atoms with van der Waals surface area (Å²) >= 11 is 0. The molecule has 1 amide bonds. The Morgan fingerprint density at radius 2 is 1.82 bits per heavy atom. The molecule has 2 aromatic rings. The molecule has 0 fully saturated rings. The van der Waals surface area contributed by atoms with Crippen LogP contribution in [0.3, 0.4) is 0 Å². The second-order valence-corrected chi connectivity index (χ2v) is 6.62. The van der Waals surface area contributed by atoms with Gasteiger partial charge in [0.05, 0.1) is 38.2 Å². The van der Waals surface area contributed by atoms with Crippen molar-refractivity contribution in [2.45, 2.75) is 39.7 Å². The number of nitrogens with one attached hydrogen (secondary N) is 1. The Balaban J connectivity index is 2.40. The number of carboxylic acids is 1. The first kappa shape index (κ1) is 21.3. The van der Waals surface area contributed by atoms with Crippen molar-refractivity contribution in [2.75, 3.05) is 14.2 Å². The Morgan fingerprint density at radius 3 is 2.36 bits per heavy atom. The van der Waals surface area contributed by atoms with Crippen molar-refractivity contribution < 1.29 is 28.6 Å². The lowest BCUT2D eigenvalue weighted by atomic mass is 9.98. The molecule has 0 unspecified atom stereocenters. The molecule has 2 rings (SSSR count). The molecule has 1 aromatic carbocycles. The zero-order valence-electron chi connectivity index (χ0n) is 16.6. The summed E-state index contributed by atoms with van der Waals surface area (Å²) < 4.78 is 15.8. The van der Waals surface area contributed by atoms with E-state index in [1.807, 2.05) is 6.92 Å². The smallest absolute Gasteiger partial charge is 0.340 e. The van der Waals surface area contributed by atoms with Crippen LogP contribution in [0, 0.1) is 12.8 Å². The topological polar surface area (TPSA) is 118 Å². The molecule has 0 radical (unpaired) electrons. The maximum Gasteiger partial charge on any atom is 0.340 e. The van der Waals surface area contributed by atoms with Crippen molar-refractivity contribution in [1.29, 1.82) is 0 Å². The predicted octanol–water partition coefficient (Wildman–Crippen LogP) is 0.942. The third-order valence-corrected chi connectivity index (χ3v) is 4.91. The quantitative estimate of drug-likeness (QED) is 0.667. The van der Waals surface area contributed by atoms with E-state index in [9.17, 15) is 19.5 Å². The molecule has 0 saturated heterocycles. The maximum atomic E-state index is 12.4. The highest BCUT2D eigenvalue weighted by atomic mass is 16.5. The summed E-state index contributed by atoms with van der Waals surface area (Å²) in [5.41, 5.74) is 0.340. The SMILES string of the molecule is CC[C@@H](C)[C@H](NC(=O)Cc1c(C)c2cc(OC)c(OC)cc2oc1=O)C(=O)[O-]. The van der Waals surface area contributed by atoms with E-state index in [4.69, 9.17) is 13.9 Å². The molecule has 0 aliphatic rings. The summed E-state index contributed by atoms with van der Waals surface area (Å²) in [6.45, 7) is 5.21. The van der Waals surface area contributed by atoms with E-state index < -0.39 is 23.5 Å². The monoisotopic (exact) mass is 390 g/mol. The van der Waals surface area contributed by atoms with E-state index in [1.165, 1.54) is 14.2 Å². The number of hydrogen-bond acceptors (Lipinski definition) is 7. The highest BCUT2D eigenvalue weighted by Crippen LogP contribution is 2.33. The zero-order chi connectivity index (χ0) is 21.0. The molecule has 0 bridgehead atoms. The van der Waals surface area contributed by atoms with Crippen LogP contribution in [-0.4, -0.2) is 32.1 Å². The standard InChI is InChI=1S/C20H25NO7/c1-6-10(2)18(19(23)24)21-17(22)8-13-11(3)12-7-15(26-4)16(27-5)9-14(12)28-20(13)25/h7,9-10,18H,6,8H2,1-5H3,(H,21,22)(H,23,24)/p-1/t10-,18+/m1/s1. The summed E-state index contributed by atoms with van der Waals surface area (Å²) in [6, 6.07) is 2.08. The number of methoxy groups -OCH3 is 2. The molecule has 8 nitrogen and oxygen atoms in total. The highest BCUT2D eigenvalue weighted by Gasteiger charge is 2.22. The van der Waals surface area contributed by atoms with Gasteiger partial charge in [-0.15, -0.1) is 0 Å². The Hall–Kier alpha value is -3.03. The molecule has 0 aliphatic carbocycles. The van der Waals surface area contributed by atoms with E-state index in [-0.39, 0.29) is 17.9 Å². The first-order valence-corrected chi connectivity index (χ1v) is 8.91. The van der Waals surface area contributed by atoms with Gasteiger partial charge in [-0.1, -0.05) is 20.3 Å². The Kier molecular flexibility index (Phi) is 6.66. The van der Waals surface area contributed by atoms with E-state index in [1.54, 1.807) is 26.0 Å². The highest BCUT2D eigenvalue weighted by molar-refractivity contribution is 5.88. The third kappa shape index (κ3) is 4.27. The number of fused-ring (bicyclic) bond motifs is 1. The normalized spacial score (nSPS) is 13.0. The van der Waals surface area contributed by atoms with Crippen LogP contribution in [0.2, 0.25) is 0 Å². The first-order valence-electron chi connectivity index (χ1n) is 8.91. The number of aryl methyl sites for hydroxylation is 1. The van der Waals surface area contributed by atoms with Gasteiger partial charge in [0, 0.05) is 11.5 Å². The van der Waals surface area contributed by atoms with Gasteiger partial charge < -0.3 is 29.1 Å². The van der Waals surface area contributed by atoms with Gasteiger partial charge in [-0.2, -0.15) is 0 Å². The van der Waals surface area contributed by atoms with Gasteiger partial charge in [0.25, 0.3) is 0 Å². The Morgan fingerprint density at radius 1 is 1.21 bits per heavy atom. The number of ether oxygens (including phenoxy) is 2. The van der Waals surface area contributed by atoms with Crippen LogP contribution in [0.1, 0.15) is 31.4 Å². The van der Waals surface area contributed by atoms with Crippen LogP contribution in [0.25, 0.3) is 11.0 Å². The fourth-order valence-corrected chi connectivity index (χ4v) is 2.97. The van der Waals surface area contributed by atoms with Crippen LogP contribution in [0.4, 0.5) is 0 Å². The predicted molar refractivity (Wildman–Crippen MR) is 100 cm³/mol. The van der Waals surface area contributed by atoms with Gasteiger partial charge in [-0.3, -0.25) is 4.79 Å². The fraction of sp³-hybridized carbons (Fsp3) is 0.450. The maximum absolute atomic E-state index is 12.4. The van der Waals surface area contributed by atoms with Crippen LogP contribution < -0.4 is 25.5 Å². The zero-order valence-corrected chi connectivity index (χ0v) is 16.6. The minimum Gasteiger partial charge on any atom is -0.548 e. The summed E-state index contributed by atoms with van der Waals surface area (Å²) in [4.78, 5) is 36.1. The van der Waals surface area contributed by atoms with Crippen molar-refractivity contribution >= 4 is 22.8 Å². The van der Waals surface area contributed by atoms with Gasteiger partial charge in [0.1, 0.15) is 5.58 Å². The second-order valence-electron chi connectivity index (χ2n) is 6.62. The average Bonchev–Trinajstić information content (AvgIpc) is 2.67. The van der Waals surface area contributed by atoms with Crippen molar-refractivity contribution in [1.82, 2.24) is 5.32 Å². The number of rotatable bonds is 8. The number of hydrogen-bond donors (Lipinski definition) is 1. The number of aliphatic carboxylic acids is 1. The van der Waals surface area contributed by atoms with Gasteiger partial charge in [0.2, 0.25) is 5.91 Å². The van der Waals surface area contributed by atoms with Crippen molar-refractivity contribution in [3.05, 3.63) is 33.7 Å². The van der Waals surface area contributed by atoms with Crippen molar-refractivity contribution in [3.63, 3.8) is 0 Å². The fourth-order valence-electron chi connectivity index (χ4n) is 2.97. The summed E-state index contributed by atoms with van der Waals surface area (Å²) in [5, 5.41) is 14.3. The van der Waals surface area contributed by atoms with E-state index >= 15 is 0 Å². The molecular weight excluding hydrogens is 366 g/mol. The third-order valence-electron chi connectivity index (χ3n) is 4.91. The minimum absolute atomic E-state index is 0.151. The average molecular weight is 390 g/mol. The van der Waals surface area contributed by atoms with Crippen LogP contribution in [0.15, 0.2) is 21.3 Å². The molecule has 152 valence electrons. The van der Waals surface area contributed by atoms with Crippen LogP contribution in [0.5, 0.6) is 11.5 Å². The lowest BCUT2D eigenvalue weighted by Gasteiger charge is -2.25. The molecule has 28 heavy (non-hydrogen) atoms. The van der Waals surface area contributed by atoms with E-state index in [2.05, 4.69) is 5.32 Å². The molecule has 1 aromatic heterocycles. The lowest BCUT2D eigenvalue weighted by Crippen LogP contribution is -2.51. The molecule has 1 heterocycles. The summed E-state index contributed by atoms with van der Waals surface area (Å²) in [6.07, 6.45) is 0.246. The van der Waals surface area contributed by atoms with Crippen LogP contribution in [-0.2, 0) is 16.0 Å². The molecule has 8 heteroatoms.